The summed E-state index contributed by atoms with van der Waals surface area (Å²) < 4.78 is 15.1. The number of hydrogen-bond acceptors (Lipinski definition) is 5. The summed E-state index contributed by atoms with van der Waals surface area (Å²) in [4.78, 5) is 0. The van der Waals surface area contributed by atoms with E-state index in [-0.39, 0.29) is 11.0 Å². The molecule has 0 aromatic carbocycles. The van der Waals surface area contributed by atoms with Gasteiger partial charge in [-0.3, -0.25) is 8.61 Å². The molecule has 2 heterocycles. The van der Waals surface area contributed by atoms with Crippen LogP contribution in [0.3, 0.4) is 0 Å². The zero-order valence-corrected chi connectivity index (χ0v) is 9.60. The van der Waals surface area contributed by atoms with Crippen molar-refractivity contribution in [3.05, 3.63) is 23.2 Å². The fourth-order valence-electron chi connectivity index (χ4n) is 1.03. The van der Waals surface area contributed by atoms with Crippen LogP contribution in [0.1, 0.15) is 0 Å². The summed E-state index contributed by atoms with van der Waals surface area (Å²) in [7, 11) is 0. The third-order valence-corrected chi connectivity index (χ3v) is 4.97. The van der Waals surface area contributed by atoms with Crippen molar-refractivity contribution >= 4 is 34.7 Å². The lowest BCUT2D eigenvalue weighted by molar-refractivity contribution is 0.478. The lowest BCUT2D eigenvalue weighted by Crippen LogP contribution is -2.44. The van der Waals surface area contributed by atoms with Crippen LogP contribution in [-0.4, -0.2) is 23.8 Å². The molecule has 0 saturated heterocycles. The van der Waals surface area contributed by atoms with E-state index in [1.807, 2.05) is 10.8 Å². The predicted molar refractivity (Wildman–Crippen MR) is 61.2 cm³/mol. The fraction of sp³-hybridized carbons (Fsp3) is 0.333. The van der Waals surface area contributed by atoms with Gasteiger partial charge in [0.15, 0.2) is 0 Å². The Morgan fingerprint density at radius 3 is 1.79 bits per heavy atom. The van der Waals surface area contributed by atoms with Crippen LogP contribution in [0.5, 0.6) is 0 Å². The van der Waals surface area contributed by atoms with E-state index in [9.17, 15) is 4.21 Å². The van der Waals surface area contributed by atoms with E-state index in [1.165, 1.54) is 23.5 Å². The Hall–Kier alpha value is -0.150. The Bertz CT molecular complexity index is 279. The largest absolute Gasteiger partial charge is 0.301 e. The highest BCUT2D eigenvalue weighted by atomic mass is 32.2. The summed E-state index contributed by atoms with van der Waals surface area (Å²) in [6.45, 7) is 0. The molecule has 0 fully saturated rings. The maximum absolute atomic E-state index is 11.9. The fourth-order valence-corrected chi connectivity index (χ4v) is 3.93. The molecule has 8 heteroatoms. The highest BCUT2D eigenvalue weighted by Gasteiger charge is 2.29. The first-order valence-electron chi connectivity index (χ1n) is 3.84. The van der Waals surface area contributed by atoms with Crippen molar-refractivity contribution in [1.29, 1.82) is 0 Å². The van der Waals surface area contributed by atoms with Crippen molar-refractivity contribution < 1.29 is 4.21 Å². The number of hydrogen-bond donors (Lipinski definition) is 2. The van der Waals surface area contributed by atoms with Crippen molar-refractivity contribution in [3.8, 4) is 0 Å². The zero-order chi connectivity index (χ0) is 10.1. The van der Waals surface area contributed by atoms with Gasteiger partial charge in [0.05, 0.1) is 0 Å². The summed E-state index contributed by atoms with van der Waals surface area (Å²) >= 11 is 1.52. The summed E-state index contributed by atoms with van der Waals surface area (Å²) in [6.07, 6.45) is 3.43. The van der Waals surface area contributed by atoms with Crippen LogP contribution < -0.4 is 11.5 Å². The molecule has 5 nitrogen and oxygen atoms in total. The molecule has 2 aliphatic heterocycles. The van der Waals surface area contributed by atoms with E-state index in [0.29, 0.717) is 0 Å². The van der Waals surface area contributed by atoms with Crippen LogP contribution in [-0.2, 0) is 11.2 Å². The molecule has 78 valence electrons. The third kappa shape index (κ3) is 1.80. The molecule has 0 saturated carbocycles. The van der Waals surface area contributed by atoms with Gasteiger partial charge in [-0.05, 0) is 10.8 Å². The van der Waals surface area contributed by atoms with E-state index in [2.05, 4.69) is 0 Å². The standard InChI is InChI=1S/C6H10N4OS3/c7-5-9(1-3-12-5)14(11)10-2-4-13-6(10)8/h1-6H,7-8H2. The summed E-state index contributed by atoms with van der Waals surface area (Å²) in [5.41, 5.74) is 10.9. The normalized spacial score (nSPS) is 33.0. The molecular formula is C6H10N4OS3. The van der Waals surface area contributed by atoms with Gasteiger partial charge in [-0.15, -0.1) is 0 Å². The molecule has 2 rings (SSSR count). The first-order valence-corrected chi connectivity index (χ1v) is 6.79. The van der Waals surface area contributed by atoms with E-state index < -0.39 is 11.2 Å². The quantitative estimate of drug-likeness (QED) is 0.726. The van der Waals surface area contributed by atoms with Gasteiger partial charge < -0.3 is 11.5 Å². The molecule has 0 aromatic rings. The molecule has 14 heavy (non-hydrogen) atoms. The second-order valence-corrected chi connectivity index (χ2v) is 5.93. The third-order valence-electron chi connectivity index (χ3n) is 1.71. The van der Waals surface area contributed by atoms with E-state index in [1.54, 1.807) is 21.0 Å². The van der Waals surface area contributed by atoms with Gasteiger partial charge in [0.25, 0.3) is 0 Å². The molecule has 0 aromatic heterocycles. The van der Waals surface area contributed by atoms with Crippen molar-refractivity contribution in [2.24, 2.45) is 11.5 Å². The lowest BCUT2D eigenvalue weighted by Gasteiger charge is -2.27. The van der Waals surface area contributed by atoms with Crippen molar-refractivity contribution in [1.82, 2.24) is 8.61 Å². The van der Waals surface area contributed by atoms with Gasteiger partial charge in [0, 0.05) is 12.4 Å². The predicted octanol–water partition coefficient (Wildman–Crippen LogP) is 0.0897. The molecule has 0 spiro atoms. The molecule has 0 amide bonds. The summed E-state index contributed by atoms with van der Waals surface area (Å²) in [6, 6.07) is 0. The second-order valence-electron chi connectivity index (χ2n) is 2.57. The minimum Gasteiger partial charge on any atom is -0.301 e. The molecule has 2 atom stereocenters. The van der Waals surface area contributed by atoms with E-state index in [4.69, 9.17) is 11.5 Å². The Kier molecular flexibility index (Phi) is 3.07. The number of rotatable bonds is 2. The molecule has 0 aliphatic carbocycles. The first-order chi connectivity index (χ1) is 6.70. The van der Waals surface area contributed by atoms with Gasteiger partial charge >= 0.3 is 0 Å². The number of nitrogens with two attached hydrogens (primary N) is 2. The second kappa shape index (κ2) is 4.15. The van der Waals surface area contributed by atoms with Crippen molar-refractivity contribution in [2.45, 2.75) is 11.0 Å². The average molecular weight is 250 g/mol. The zero-order valence-electron chi connectivity index (χ0n) is 7.15. The Balaban J connectivity index is 2.07. The van der Waals surface area contributed by atoms with Gasteiger partial charge in [-0.1, -0.05) is 23.5 Å². The van der Waals surface area contributed by atoms with Crippen LogP contribution in [0.4, 0.5) is 0 Å². The van der Waals surface area contributed by atoms with Gasteiger partial charge in [0.1, 0.15) is 11.0 Å². The van der Waals surface area contributed by atoms with Crippen LogP contribution in [0.2, 0.25) is 0 Å². The van der Waals surface area contributed by atoms with Gasteiger partial charge in [0.2, 0.25) is 11.2 Å². The van der Waals surface area contributed by atoms with E-state index in [0.717, 1.165) is 0 Å². The van der Waals surface area contributed by atoms with Crippen molar-refractivity contribution in [2.75, 3.05) is 0 Å². The molecule has 4 N–H and O–H groups in total. The highest BCUT2D eigenvalue weighted by Crippen LogP contribution is 2.28. The number of nitrogens with zero attached hydrogens (tertiary/aromatic N) is 2. The summed E-state index contributed by atoms with van der Waals surface area (Å²) in [5.74, 6) is 0. The van der Waals surface area contributed by atoms with Gasteiger partial charge in [-0.2, -0.15) is 0 Å². The smallest absolute Gasteiger partial charge is 0.228 e. The average Bonchev–Trinajstić information content (AvgIpc) is 2.73. The minimum absolute atomic E-state index is 0.290. The van der Waals surface area contributed by atoms with Crippen molar-refractivity contribution in [3.63, 3.8) is 0 Å². The molecule has 0 bridgehead atoms. The van der Waals surface area contributed by atoms with Crippen LogP contribution in [0.15, 0.2) is 23.2 Å². The van der Waals surface area contributed by atoms with E-state index >= 15 is 0 Å². The Morgan fingerprint density at radius 1 is 1.07 bits per heavy atom. The first kappa shape index (κ1) is 10.4. The maximum atomic E-state index is 11.9. The lowest BCUT2D eigenvalue weighted by atomic mass is 10.9. The number of thioether (sulfide) groups is 2. The monoisotopic (exact) mass is 250 g/mol. The Morgan fingerprint density at radius 2 is 1.50 bits per heavy atom. The molecular weight excluding hydrogens is 240 g/mol. The van der Waals surface area contributed by atoms with Gasteiger partial charge in [-0.25, -0.2) is 4.21 Å². The molecule has 2 aliphatic rings. The topological polar surface area (TPSA) is 75.6 Å². The molecule has 0 radical (unpaired) electrons. The maximum Gasteiger partial charge on any atom is 0.228 e. The highest BCUT2D eigenvalue weighted by molar-refractivity contribution is 8.04. The van der Waals surface area contributed by atoms with Crippen LogP contribution >= 0.6 is 23.5 Å². The Labute approximate surface area is 93.3 Å². The SMILES string of the molecule is NC1SC=CN1S(=O)N1C=CSC1N. The van der Waals surface area contributed by atoms with Crippen LogP contribution in [0.25, 0.3) is 0 Å². The molecule has 2 unspecified atom stereocenters. The van der Waals surface area contributed by atoms with Crippen LogP contribution in [0, 0.1) is 0 Å². The summed E-state index contributed by atoms with van der Waals surface area (Å²) in [5, 5.41) is 3.64. The minimum atomic E-state index is -1.33.